The van der Waals surface area contributed by atoms with E-state index in [0.29, 0.717) is 6.54 Å². The molecule has 0 spiro atoms. The van der Waals surface area contributed by atoms with E-state index in [-0.39, 0.29) is 0 Å². The molecule has 1 aliphatic carbocycles. The van der Waals surface area contributed by atoms with E-state index in [0.717, 1.165) is 11.5 Å². The zero-order valence-corrected chi connectivity index (χ0v) is 8.78. The van der Waals surface area contributed by atoms with Crippen molar-refractivity contribution in [1.29, 1.82) is 0 Å². The zero-order valence-electron chi connectivity index (χ0n) is 8.78. The summed E-state index contributed by atoms with van der Waals surface area (Å²) in [6, 6.07) is 8.43. The van der Waals surface area contributed by atoms with Crippen molar-refractivity contribution in [3.8, 4) is 0 Å². The smallest absolute Gasteiger partial charge is 0.211 e. The van der Waals surface area contributed by atoms with Gasteiger partial charge in [-0.15, -0.1) is 0 Å². The highest BCUT2D eigenvalue weighted by Gasteiger charge is 2.16. The first-order valence-corrected chi connectivity index (χ1v) is 5.52. The molecule has 0 amide bonds. The summed E-state index contributed by atoms with van der Waals surface area (Å²) < 4.78 is 0. The van der Waals surface area contributed by atoms with Gasteiger partial charge in [-0.05, 0) is 29.9 Å². The molecule has 1 saturated carbocycles. The maximum absolute atomic E-state index is 10.0. The number of rotatable bonds is 3. The highest BCUT2D eigenvalue weighted by atomic mass is 16.1. The molecule has 15 heavy (non-hydrogen) atoms. The largest absolute Gasteiger partial charge is 0.235 e. The minimum absolute atomic E-state index is 0.462. The van der Waals surface area contributed by atoms with Gasteiger partial charge in [-0.3, -0.25) is 0 Å². The standard InChI is InChI=1S/C13H15NO/c15-10-14-9-11-4-3-7-13(8-11)12-5-1-2-6-12/h3-4,7-8,12H,1-2,5-6,9H2. The van der Waals surface area contributed by atoms with Crippen molar-refractivity contribution in [3.63, 3.8) is 0 Å². The van der Waals surface area contributed by atoms with Gasteiger partial charge >= 0.3 is 0 Å². The van der Waals surface area contributed by atoms with E-state index < -0.39 is 0 Å². The van der Waals surface area contributed by atoms with Gasteiger partial charge in [0.25, 0.3) is 0 Å². The van der Waals surface area contributed by atoms with Gasteiger partial charge in [0.15, 0.2) is 0 Å². The Kier molecular flexibility index (Phi) is 3.31. The number of isocyanates is 1. The average Bonchev–Trinajstić information content (AvgIpc) is 2.80. The van der Waals surface area contributed by atoms with E-state index in [9.17, 15) is 4.79 Å². The van der Waals surface area contributed by atoms with Crippen LogP contribution in [0.2, 0.25) is 0 Å². The van der Waals surface area contributed by atoms with Crippen molar-refractivity contribution < 1.29 is 4.79 Å². The molecule has 1 aromatic carbocycles. The molecule has 2 nitrogen and oxygen atoms in total. The second kappa shape index (κ2) is 4.90. The third kappa shape index (κ3) is 2.54. The van der Waals surface area contributed by atoms with Crippen LogP contribution in [0.4, 0.5) is 0 Å². The Hall–Kier alpha value is -1.40. The Morgan fingerprint density at radius 3 is 2.87 bits per heavy atom. The minimum Gasteiger partial charge on any atom is -0.211 e. The van der Waals surface area contributed by atoms with Crippen molar-refractivity contribution in [1.82, 2.24) is 0 Å². The van der Waals surface area contributed by atoms with Gasteiger partial charge in [-0.2, -0.15) is 0 Å². The maximum Gasteiger partial charge on any atom is 0.235 e. The molecule has 2 rings (SSSR count). The van der Waals surface area contributed by atoms with Crippen molar-refractivity contribution in [3.05, 3.63) is 35.4 Å². The molecule has 1 aliphatic rings. The molecular formula is C13H15NO. The molecule has 0 saturated heterocycles. The highest BCUT2D eigenvalue weighted by molar-refractivity contribution is 5.34. The van der Waals surface area contributed by atoms with E-state index >= 15 is 0 Å². The van der Waals surface area contributed by atoms with Crippen LogP contribution in [0.25, 0.3) is 0 Å². The molecule has 2 heteroatoms. The summed E-state index contributed by atoms with van der Waals surface area (Å²) in [7, 11) is 0. The molecule has 1 fully saturated rings. The molecule has 0 N–H and O–H groups in total. The van der Waals surface area contributed by atoms with Crippen LogP contribution in [0.3, 0.4) is 0 Å². The number of carbonyl (C=O) groups excluding carboxylic acids is 1. The topological polar surface area (TPSA) is 29.4 Å². The summed E-state index contributed by atoms with van der Waals surface area (Å²) in [5, 5.41) is 0. The lowest BCUT2D eigenvalue weighted by atomic mass is 9.96. The predicted octanol–water partition coefficient (Wildman–Crippen LogP) is 3.18. The molecule has 1 aromatic rings. The van der Waals surface area contributed by atoms with Crippen molar-refractivity contribution in [2.45, 2.75) is 38.1 Å². The highest BCUT2D eigenvalue weighted by Crippen LogP contribution is 2.34. The van der Waals surface area contributed by atoms with Crippen LogP contribution < -0.4 is 0 Å². The number of hydrogen-bond acceptors (Lipinski definition) is 2. The second-order valence-electron chi connectivity index (χ2n) is 4.13. The molecule has 0 radical (unpaired) electrons. The molecular weight excluding hydrogens is 186 g/mol. The molecule has 0 aromatic heterocycles. The van der Waals surface area contributed by atoms with Gasteiger partial charge in [-0.1, -0.05) is 37.1 Å². The molecule has 0 bridgehead atoms. The Morgan fingerprint density at radius 1 is 1.33 bits per heavy atom. The van der Waals surface area contributed by atoms with Gasteiger partial charge in [0.05, 0.1) is 6.54 Å². The van der Waals surface area contributed by atoms with Crippen molar-refractivity contribution in [2.24, 2.45) is 4.99 Å². The lowest BCUT2D eigenvalue weighted by molar-refractivity contribution is 0.562. The monoisotopic (exact) mass is 201 g/mol. The number of aliphatic imine (C=N–C) groups is 1. The fourth-order valence-corrected chi connectivity index (χ4v) is 2.33. The Bertz CT molecular complexity index is 374. The summed E-state index contributed by atoms with van der Waals surface area (Å²) >= 11 is 0. The van der Waals surface area contributed by atoms with Crippen LogP contribution >= 0.6 is 0 Å². The van der Waals surface area contributed by atoms with Crippen LogP contribution in [0.5, 0.6) is 0 Å². The fraction of sp³-hybridized carbons (Fsp3) is 0.462. The Labute approximate surface area is 90.0 Å². The van der Waals surface area contributed by atoms with Crippen molar-refractivity contribution in [2.75, 3.05) is 0 Å². The van der Waals surface area contributed by atoms with Gasteiger partial charge in [0.2, 0.25) is 6.08 Å². The fourth-order valence-electron chi connectivity index (χ4n) is 2.33. The predicted molar refractivity (Wildman–Crippen MR) is 59.5 cm³/mol. The van der Waals surface area contributed by atoms with Crippen LogP contribution in [-0.4, -0.2) is 6.08 Å². The number of benzene rings is 1. The van der Waals surface area contributed by atoms with Crippen LogP contribution in [0.1, 0.15) is 42.7 Å². The van der Waals surface area contributed by atoms with E-state index in [2.05, 4.69) is 23.2 Å². The average molecular weight is 201 g/mol. The minimum atomic E-state index is 0.462. The number of nitrogens with zero attached hydrogens (tertiary/aromatic N) is 1. The summed E-state index contributed by atoms with van der Waals surface area (Å²) in [5.74, 6) is 0.727. The van der Waals surface area contributed by atoms with Gasteiger partial charge in [-0.25, -0.2) is 9.79 Å². The first kappa shape index (κ1) is 10.1. The first-order valence-electron chi connectivity index (χ1n) is 5.52. The van der Waals surface area contributed by atoms with Crippen molar-refractivity contribution >= 4 is 6.08 Å². The van der Waals surface area contributed by atoms with Crippen LogP contribution in [0.15, 0.2) is 29.3 Å². The van der Waals surface area contributed by atoms with E-state index in [1.54, 1.807) is 6.08 Å². The first-order chi connectivity index (χ1) is 7.40. The Balaban J connectivity index is 2.14. The van der Waals surface area contributed by atoms with E-state index in [1.807, 2.05) is 6.07 Å². The molecule has 0 aliphatic heterocycles. The summed E-state index contributed by atoms with van der Waals surface area (Å²) in [5.41, 5.74) is 2.52. The van der Waals surface area contributed by atoms with E-state index in [4.69, 9.17) is 0 Å². The van der Waals surface area contributed by atoms with Gasteiger partial charge < -0.3 is 0 Å². The Morgan fingerprint density at radius 2 is 2.13 bits per heavy atom. The SMILES string of the molecule is O=C=NCc1cccc(C2CCCC2)c1. The summed E-state index contributed by atoms with van der Waals surface area (Å²) in [6.45, 7) is 0.462. The normalized spacial score (nSPS) is 16.3. The quantitative estimate of drug-likeness (QED) is 0.545. The molecule has 0 atom stereocenters. The lowest BCUT2D eigenvalue weighted by Crippen LogP contribution is -1.93. The van der Waals surface area contributed by atoms with Gasteiger partial charge in [0, 0.05) is 0 Å². The lowest BCUT2D eigenvalue weighted by Gasteiger charge is -2.10. The number of hydrogen-bond donors (Lipinski definition) is 0. The maximum atomic E-state index is 10.0. The molecule has 0 unspecified atom stereocenters. The summed E-state index contributed by atoms with van der Waals surface area (Å²) in [6.07, 6.45) is 6.89. The molecule has 0 heterocycles. The summed E-state index contributed by atoms with van der Waals surface area (Å²) in [4.78, 5) is 13.6. The van der Waals surface area contributed by atoms with E-state index in [1.165, 1.54) is 31.2 Å². The van der Waals surface area contributed by atoms with Crippen LogP contribution in [-0.2, 0) is 11.3 Å². The molecule has 78 valence electrons. The van der Waals surface area contributed by atoms with Crippen LogP contribution in [0, 0.1) is 0 Å². The third-order valence-corrected chi connectivity index (χ3v) is 3.10. The second-order valence-corrected chi connectivity index (χ2v) is 4.13. The zero-order chi connectivity index (χ0) is 10.5. The van der Waals surface area contributed by atoms with Gasteiger partial charge in [0.1, 0.15) is 0 Å². The third-order valence-electron chi connectivity index (χ3n) is 3.10.